The van der Waals surface area contributed by atoms with Gasteiger partial charge in [-0.05, 0) is 58.7 Å². The molecule has 0 spiro atoms. The van der Waals surface area contributed by atoms with Crippen molar-refractivity contribution in [3.05, 3.63) is 125 Å². The third-order valence-electron chi connectivity index (χ3n) is 9.51. The monoisotopic (exact) mass is 591 g/mol. The van der Waals surface area contributed by atoms with E-state index in [0.29, 0.717) is 0 Å². The molecule has 9 rings (SSSR count). The first-order chi connectivity index (χ1) is 20.8. The second-order valence-corrected chi connectivity index (χ2v) is 14.8. The van der Waals surface area contributed by atoms with Gasteiger partial charge in [0.15, 0.2) is 0 Å². The molecule has 2 aliphatic rings. The van der Waals surface area contributed by atoms with E-state index in [1.165, 1.54) is 48.7 Å². The van der Waals surface area contributed by atoms with Gasteiger partial charge in [0.1, 0.15) is 10.0 Å². The molecule has 0 atom stereocenters. The highest BCUT2D eigenvalue weighted by molar-refractivity contribution is 7.22. The zero-order valence-electron chi connectivity index (χ0n) is 24.5. The fourth-order valence-electron chi connectivity index (χ4n) is 7.20. The minimum absolute atomic E-state index is 0.151. The second kappa shape index (κ2) is 8.62. The Labute approximate surface area is 259 Å². The minimum atomic E-state index is -0.151. The molecule has 0 saturated carbocycles. The smallest absolute Gasteiger partial charge is 0.124 e. The lowest BCUT2D eigenvalue weighted by Crippen LogP contribution is -2.38. The number of aromatic nitrogens is 2. The number of para-hydroxylation sites is 3. The lowest BCUT2D eigenvalue weighted by molar-refractivity contribution is 0.597. The van der Waals surface area contributed by atoms with E-state index in [-0.39, 0.29) is 10.8 Å². The summed E-state index contributed by atoms with van der Waals surface area (Å²) in [7, 11) is 0. The Kier molecular flexibility index (Phi) is 5.05. The van der Waals surface area contributed by atoms with Crippen molar-refractivity contribution in [3.63, 3.8) is 0 Å². The van der Waals surface area contributed by atoms with Crippen molar-refractivity contribution < 1.29 is 0 Å². The third-order valence-corrected chi connectivity index (χ3v) is 11.7. The molecule has 2 aromatic heterocycles. The quantitative estimate of drug-likeness (QED) is 0.200. The molecule has 0 saturated heterocycles. The molecule has 208 valence electrons. The summed E-state index contributed by atoms with van der Waals surface area (Å²) in [5, 5.41) is 2.11. The maximum absolute atomic E-state index is 5.03. The van der Waals surface area contributed by atoms with Crippen LogP contribution in [0, 0.1) is 0 Å². The van der Waals surface area contributed by atoms with Gasteiger partial charge >= 0.3 is 0 Å². The van der Waals surface area contributed by atoms with Gasteiger partial charge in [-0.3, -0.25) is 0 Å². The highest BCUT2D eigenvalue weighted by Crippen LogP contribution is 2.60. The first kappa shape index (κ1) is 25.2. The molecule has 43 heavy (non-hydrogen) atoms. The Morgan fingerprint density at radius 1 is 0.512 bits per heavy atom. The summed E-state index contributed by atoms with van der Waals surface area (Å²) in [6, 6.07) is 37.7. The first-order valence-corrected chi connectivity index (χ1v) is 16.4. The molecule has 5 aromatic carbocycles. The van der Waals surface area contributed by atoms with Gasteiger partial charge in [0.2, 0.25) is 0 Å². The predicted molar refractivity (Wildman–Crippen MR) is 183 cm³/mol. The Morgan fingerprint density at radius 3 is 1.44 bits per heavy atom. The van der Waals surface area contributed by atoms with Gasteiger partial charge < -0.3 is 4.90 Å². The van der Waals surface area contributed by atoms with Gasteiger partial charge in [-0.15, -0.1) is 22.7 Å². The van der Waals surface area contributed by atoms with Crippen molar-refractivity contribution in [3.8, 4) is 21.1 Å². The van der Waals surface area contributed by atoms with Crippen LogP contribution >= 0.6 is 22.7 Å². The van der Waals surface area contributed by atoms with Crippen LogP contribution in [0.25, 0.3) is 41.6 Å². The first-order valence-electron chi connectivity index (χ1n) is 14.8. The second-order valence-electron chi connectivity index (χ2n) is 12.7. The molecule has 0 bridgehead atoms. The van der Waals surface area contributed by atoms with Gasteiger partial charge in [0.05, 0.1) is 37.5 Å². The van der Waals surface area contributed by atoms with E-state index in [0.717, 1.165) is 32.2 Å². The average molecular weight is 592 g/mol. The zero-order valence-corrected chi connectivity index (χ0v) is 26.1. The normalized spacial score (nSPS) is 15.8. The number of fused-ring (bicyclic) bond motifs is 6. The minimum Gasteiger partial charge on any atom is -0.309 e. The van der Waals surface area contributed by atoms with Crippen LogP contribution in [0.5, 0.6) is 0 Å². The Balaban J connectivity index is 1.31. The molecular weight excluding hydrogens is 563 g/mol. The standard InChI is InChI=1S/C38H29N3S2/c1-37(2)24-18-16-22(35-39-28-12-5-7-14-32(28)42-35)20-30(24)41-31-21-23(36-40-29-13-6-8-15-33(29)43-36)17-19-25(31)38(3,4)27-11-9-10-26(37)34(27)41/h5-21H,1-4H3. The lowest BCUT2D eigenvalue weighted by atomic mass is 9.66. The summed E-state index contributed by atoms with van der Waals surface area (Å²) in [6.45, 7) is 9.48. The number of rotatable bonds is 2. The highest BCUT2D eigenvalue weighted by Gasteiger charge is 2.45. The van der Waals surface area contributed by atoms with Crippen LogP contribution in [0.3, 0.4) is 0 Å². The van der Waals surface area contributed by atoms with Crippen molar-refractivity contribution in [1.82, 2.24) is 9.97 Å². The molecule has 7 aromatic rings. The Morgan fingerprint density at radius 2 is 0.977 bits per heavy atom. The number of hydrogen-bond acceptors (Lipinski definition) is 5. The zero-order chi connectivity index (χ0) is 29.1. The largest absolute Gasteiger partial charge is 0.309 e. The van der Waals surface area contributed by atoms with E-state index < -0.39 is 0 Å². The van der Waals surface area contributed by atoms with E-state index >= 15 is 0 Å². The molecule has 3 nitrogen and oxygen atoms in total. The van der Waals surface area contributed by atoms with Gasteiger partial charge in [-0.25, -0.2) is 9.97 Å². The molecule has 0 N–H and O–H groups in total. The maximum atomic E-state index is 5.03. The maximum Gasteiger partial charge on any atom is 0.124 e. The molecule has 0 radical (unpaired) electrons. The van der Waals surface area contributed by atoms with Gasteiger partial charge in [0.25, 0.3) is 0 Å². The van der Waals surface area contributed by atoms with Crippen molar-refractivity contribution in [2.75, 3.05) is 4.90 Å². The number of hydrogen-bond donors (Lipinski definition) is 0. The van der Waals surface area contributed by atoms with Crippen molar-refractivity contribution in [1.29, 1.82) is 0 Å². The topological polar surface area (TPSA) is 29.0 Å². The highest BCUT2D eigenvalue weighted by atomic mass is 32.1. The van der Waals surface area contributed by atoms with E-state index in [9.17, 15) is 0 Å². The van der Waals surface area contributed by atoms with E-state index in [4.69, 9.17) is 9.97 Å². The lowest BCUT2D eigenvalue weighted by Gasteiger charge is -2.49. The summed E-state index contributed by atoms with van der Waals surface area (Å²) in [5.41, 5.74) is 13.3. The van der Waals surface area contributed by atoms with Crippen LogP contribution in [0.1, 0.15) is 49.9 Å². The number of anilines is 3. The molecular formula is C38H29N3S2. The Bertz CT molecular complexity index is 2050. The van der Waals surface area contributed by atoms with Crippen molar-refractivity contribution in [2.24, 2.45) is 0 Å². The van der Waals surface area contributed by atoms with Gasteiger partial charge in [-0.1, -0.05) is 94.4 Å². The van der Waals surface area contributed by atoms with Crippen LogP contribution in [0.15, 0.2) is 103 Å². The molecule has 0 unspecified atom stereocenters. The van der Waals surface area contributed by atoms with E-state index in [1.54, 1.807) is 22.7 Å². The molecule has 0 fully saturated rings. The average Bonchev–Trinajstić information content (AvgIpc) is 3.65. The number of benzene rings is 5. The summed E-state index contributed by atoms with van der Waals surface area (Å²) in [5.74, 6) is 0. The Hall–Kier alpha value is -4.32. The SMILES string of the molecule is CC1(C)c2ccc(-c3nc4ccccc4s3)cc2N2c3cc(-c4nc5ccccc5s4)ccc3C(C)(C)c3cccc1c32. The van der Waals surface area contributed by atoms with Crippen molar-refractivity contribution >= 4 is 60.2 Å². The fraction of sp³-hybridized carbons (Fsp3) is 0.158. The number of nitrogens with zero attached hydrogens (tertiary/aromatic N) is 3. The summed E-state index contributed by atoms with van der Waals surface area (Å²) >= 11 is 3.53. The molecule has 4 heterocycles. The molecule has 5 heteroatoms. The van der Waals surface area contributed by atoms with Crippen molar-refractivity contribution in [2.45, 2.75) is 38.5 Å². The fourth-order valence-corrected chi connectivity index (χ4v) is 9.13. The van der Waals surface area contributed by atoms with Crippen LogP contribution in [-0.4, -0.2) is 9.97 Å². The van der Waals surface area contributed by atoms with Crippen LogP contribution in [0.2, 0.25) is 0 Å². The van der Waals surface area contributed by atoms with Crippen LogP contribution in [-0.2, 0) is 10.8 Å². The summed E-state index contributed by atoms with van der Waals surface area (Å²) in [4.78, 5) is 12.6. The van der Waals surface area contributed by atoms with Crippen LogP contribution < -0.4 is 4.90 Å². The number of thiazole rings is 2. The van der Waals surface area contributed by atoms with Crippen LogP contribution in [0.4, 0.5) is 17.1 Å². The predicted octanol–water partition coefficient (Wildman–Crippen LogP) is 11.0. The van der Waals surface area contributed by atoms with Gasteiger partial charge in [-0.2, -0.15) is 0 Å². The van der Waals surface area contributed by atoms with E-state index in [1.807, 2.05) is 0 Å². The molecule has 0 amide bonds. The third kappa shape index (κ3) is 3.46. The summed E-state index contributed by atoms with van der Waals surface area (Å²) < 4.78 is 2.43. The van der Waals surface area contributed by atoms with Gasteiger partial charge in [0, 0.05) is 22.0 Å². The molecule has 0 aliphatic carbocycles. The van der Waals surface area contributed by atoms with E-state index in [2.05, 4.69) is 136 Å². The summed E-state index contributed by atoms with van der Waals surface area (Å²) in [6.07, 6.45) is 0. The molecule has 2 aliphatic heterocycles.